The highest BCUT2D eigenvalue weighted by molar-refractivity contribution is 6.08. The van der Waals surface area contributed by atoms with Crippen LogP contribution in [0.25, 0.3) is 10.9 Å². The molecule has 1 fully saturated rings. The van der Waals surface area contributed by atoms with Gasteiger partial charge in [-0.2, -0.15) is 5.10 Å². The zero-order valence-electron chi connectivity index (χ0n) is 17.7. The summed E-state index contributed by atoms with van der Waals surface area (Å²) in [7, 11) is 1.84. The van der Waals surface area contributed by atoms with E-state index in [4.69, 9.17) is 4.74 Å². The van der Waals surface area contributed by atoms with Gasteiger partial charge in [0.05, 0.1) is 17.7 Å². The standard InChI is InChI=1S/C21H27N7O2/c1-5-30-18-9-17-15(12-27(4)26-17)8-16(18)21(29)23-19-6-7-20(25-24-19)28-10-13(2)22-14(3)11-28/h6-9,12-14,22H,5,10-11H2,1-4H3,(H,23,24,29)/t13-,14+. The Balaban J connectivity index is 1.53. The number of fused-ring (bicyclic) bond motifs is 1. The lowest BCUT2D eigenvalue weighted by molar-refractivity contribution is 0.102. The molecule has 9 nitrogen and oxygen atoms in total. The molecule has 0 aliphatic carbocycles. The second-order valence-corrected chi connectivity index (χ2v) is 7.75. The van der Waals surface area contributed by atoms with Gasteiger partial charge in [-0.15, -0.1) is 10.2 Å². The van der Waals surface area contributed by atoms with Crippen LogP contribution in [0.4, 0.5) is 11.6 Å². The molecule has 2 aromatic heterocycles. The van der Waals surface area contributed by atoms with Crippen LogP contribution in [0.15, 0.2) is 30.5 Å². The van der Waals surface area contributed by atoms with Crippen LogP contribution in [0.1, 0.15) is 31.1 Å². The normalized spacial score (nSPS) is 19.1. The van der Waals surface area contributed by atoms with Crippen molar-refractivity contribution in [3.8, 4) is 5.75 Å². The summed E-state index contributed by atoms with van der Waals surface area (Å²) in [5.74, 6) is 1.40. The van der Waals surface area contributed by atoms with Gasteiger partial charge in [-0.05, 0) is 39.0 Å². The van der Waals surface area contributed by atoms with E-state index >= 15 is 0 Å². The maximum Gasteiger partial charge on any atom is 0.260 e. The molecule has 4 rings (SSSR count). The molecule has 1 saturated heterocycles. The minimum Gasteiger partial charge on any atom is -0.493 e. The van der Waals surface area contributed by atoms with Gasteiger partial charge in [-0.1, -0.05) is 0 Å². The minimum atomic E-state index is -0.296. The van der Waals surface area contributed by atoms with E-state index in [1.54, 1.807) is 22.9 Å². The van der Waals surface area contributed by atoms with Crippen molar-refractivity contribution < 1.29 is 9.53 Å². The Bertz CT molecular complexity index is 1040. The number of hydrogen-bond acceptors (Lipinski definition) is 7. The van der Waals surface area contributed by atoms with Crippen molar-refractivity contribution in [2.75, 3.05) is 29.9 Å². The number of rotatable bonds is 5. The summed E-state index contributed by atoms with van der Waals surface area (Å²) < 4.78 is 7.39. The quantitative estimate of drug-likeness (QED) is 0.667. The van der Waals surface area contributed by atoms with Gasteiger partial charge in [-0.3, -0.25) is 9.48 Å². The average molecular weight is 409 g/mol. The highest BCUT2D eigenvalue weighted by Gasteiger charge is 2.22. The Labute approximate surface area is 175 Å². The van der Waals surface area contributed by atoms with E-state index in [0.717, 1.165) is 29.8 Å². The molecule has 0 radical (unpaired) electrons. The van der Waals surface area contributed by atoms with Gasteiger partial charge in [0.2, 0.25) is 0 Å². The number of ether oxygens (including phenoxy) is 1. The molecular formula is C21H27N7O2. The minimum absolute atomic E-state index is 0.296. The van der Waals surface area contributed by atoms with E-state index in [-0.39, 0.29) is 5.91 Å². The number of nitrogens with one attached hydrogen (secondary N) is 2. The average Bonchev–Trinajstić information content (AvgIpc) is 3.06. The van der Waals surface area contributed by atoms with Crippen molar-refractivity contribution in [2.45, 2.75) is 32.9 Å². The van der Waals surface area contributed by atoms with Gasteiger partial charge in [0.1, 0.15) is 5.75 Å². The molecule has 0 bridgehead atoms. The van der Waals surface area contributed by atoms with Crippen LogP contribution in [-0.4, -0.2) is 57.7 Å². The molecule has 1 aliphatic rings. The maximum absolute atomic E-state index is 12.9. The van der Waals surface area contributed by atoms with Crippen molar-refractivity contribution in [3.05, 3.63) is 36.0 Å². The topological polar surface area (TPSA) is 97.2 Å². The summed E-state index contributed by atoms with van der Waals surface area (Å²) in [5, 5.41) is 20.1. The monoisotopic (exact) mass is 409 g/mol. The molecule has 3 heterocycles. The number of nitrogens with zero attached hydrogens (tertiary/aromatic N) is 5. The van der Waals surface area contributed by atoms with Gasteiger partial charge >= 0.3 is 0 Å². The number of aryl methyl sites for hydroxylation is 1. The molecular weight excluding hydrogens is 382 g/mol. The predicted octanol–water partition coefficient (Wildman–Crippen LogP) is 2.20. The fourth-order valence-electron chi connectivity index (χ4n) is 3.89. The molecule has 1 aromatic carbocycles. The fraction of sp³-hybridized carbons (Fsp3) is 0.429. The van der Waals surface area contributed by atoms with E-state index in [9.17, 15) is 4.79 Å². The molecule has 0 saturated carbocycles. The van der Waals surface area contributed by atoms with Crippen LogP contribution in [0.3, 0.4) is 0 Å². The Morgan fingerprint density at radius 1 is 1.23 bits per heavy atom. The van der Waals surface area contributed by atoms with Gasteiger partial charge in [-0.25, -0.2) is 0 Å². The first-order chi connectivity index (χ1) is 14.4. The molecule has 9 heteroatoms. The third-order valence-electron chi connectivity index (χ3n) is 5.04. The molecule has 158 valence electrons. The summed E-state index contributed by atoms with van der Waals surface area (Å²) in [6.07, 6.45) is 1.87. The summed E-state index contributed by atoms with van der Waals surface area (Å²) in [5.41, 5.74) is 1.22. The first-order valence-electron chi connectivity index (χ1n) is 10.2. The number of amides is 1. The molecule has 2 atom stereocenters. The van der Waals surface area contributed by atoms with Crippen molar-refractivity contribution in [2.24, 2.45) is 7.05 Å². The summed E-state index contributed by atoms with van der Waals surface area (Å²) in [6.45, 7) is 8.38. The summed E-state index contributed by atoms with van der Waals surface area (Å²) >= 11 is 0. The van der Waals surface area contributed by atoms with E-state index in [1.807, 2.05) is 26.2 Å². The van der Waals surface area contributed by atoms with E-state index in [2.05, 4.69) is 44.7 Å². The highest BCUT2D eigenvalue weighted by Crippen LogP contribution is 2.26. The van der Waals surface area contributed by atoms with Crippen LogP contribution in [0.2, 0.25) is 0 Å². The first kappa shape index (κ1) is 20.1. The number of anilines is 2. The Kier molecular flexibility index (Phi) is 5.54. The molecule has 1 aliphatic heterocycles. The molecule has 2 N–H and O–H groups in total. The lowest BCUT2D eigenvalue weighted by Crippen LogP contribution is -2.54. The SMILES string of the molecule is CCOc1cc2nn(C)cc2cc1C(=O)Nc1ccc(N2C[C@@H](C)N[C@@H](C)C2)nn1. The smallest absolute Gasteiger partial charge is 0.260 e. The van der Waals surface area contributed by atoms with Crippen LogP contribution >= 0.6 is 0 Å². The Morgan fingerprint density at radius 3 is 2.67 bits per heavy atom. The van der Waals surface area contributed by atoms with Crippen LogP contribution in [0.5, 0.6) is 5.75 Å². The van der Waals surface area contributed by atoms with Crippen LogP contribution < -0.4 is 20.3 Å². The number of piperazine rings is 1. The van der Waals surface area contributed by atoms with Crippen LogP contribution in [-0.2, 0) is 7.05 Å². The van der Waals surface area contributed by atoms with E-state index < -0.39 is 0 Å². The molecule has 0 spiro atoms. The fourth-order valence-corrected chi connectivity index (χ4v) is 3.89. The zero-order valence-corrected chi connectivity index (χ0v) is 17.7. The summed E-state index contributed by atoms with van der Waals surface area (Å²) in [4.78, 5) is 15.1. The first-order valence-corrected chi connectivity index (χ1v) is 10.2. The van der Waals surface area contributed by atoms with Gasteiger partial charge in [0, 0.05) is 49.9 Å². The number of aromatic nitrogens is 4. The molecule has 3 aromatic rings. The number of carbonyl (C=O) groups excluding carboxylic acids is 1. The lowest BCUT2D eigenvalue weighted by atomic mass is 10.1. The van der Waals surface area contributed by atoms with Crippen molar-refractivity contribution in [1.82, 2.24) is 25.3 Å². The van der Waals surface area contributed by atoms with E-state index in [0.29, 0.717) is 35.8 Å². The number of hydrogen-bond donors (Lipinski definition) is 2. The van der Waals surface area contributed by atoms with Gasteiger partial charge in [0.25, 0.3) is 5.91 Å². The zero-order chi connectivity index (χ0) is 21.3. The molecule has 0 unspecified atom stereocenters. The van der Waals surface area contributed by atoms with Crippen molar-refractivity contribution in [3.63, 3.8) is 0 Å². The molecule has 30 heavy (non-hydrogen) atoms. The van der Waals surface area contributed by atoms with Gasteiger partial charge < -0.3 is 20.3 Å². The Hall–Kier alpha value is -3.20. The third-order valence-corrected chi connectivity index (χ3v) is 5.04. The number of benzene rings is 1. The van der Waals surface area contributed by atoms with Crippen molar-refractivity contribution >= 4 is 28.4 Å². The van der Waals surface area contributed by atoms with Crippen LogP contribution in [0, 0.1) is 0 Å². The Morgan fingerprint density at radius 2 is 2.00 bits per heavy atom. The van der Waals surface area contributed by atoms with E-state index in [1.165, 1.54) is 0 Å². The third kappa shape index (κ3) is 4.20. The highest BCUT2D eigenvalue weighted by atomic mass is 16.5. The lowest BCUT2D eigenvalue weighted by Gasteiger charge is -2.36. The van der Waals surface area contributed by atoms with Gasteiger partial charge in [0.15, 0.2) is 11.6 Å². The molecule has 1 amide bonds. The second kappa shape index (κ2) is 8.27. The van der Waals surface area contributed by atoms with Crippen molar-refractivity contribution in [1.29, 1.82) is 0 Å². The summed E-state index contributed by atoms with van der Waals surface area (Å²) in [6, 6.07) is 8.01. The second-order valence-electron chi connectivity index (χ2n) is 7.75. The number of carbonyl (C=O) groups is 1. The largest absolute Gasteiger partial charge is 0.493 e. The predicted molar refractivity (Wildman–Crippen MR) is 116 cm³/mol. The maximum atomic E-state index is 12.9.